The van der Waals surface area contributed by atoms with Gasteiger partial charge in [-0.15, -0.1) is 11.8 Å². The van der Waals surface area contributed by atoms with Gasteiger partial charge >= 0.3 is 6.61 Å². The number of thioether (sulfide) groups is 1. The molecular weight excluding hydrogens is 556 g/mol. The molecule has 1 N–H and O–H groups in total. The molecule has 3 aromatic heterocycles. The summed E-state index contributed by atoms with van der Waals surface area (Å²) in [6, 6.07) is 6.56. The number of ether oxygens (including phenoxy) is 1. The first-order valence-corrected chi connectivity index (χ1v) is 13.9. The lowest BCUT2D eigenvalue weighted by molar-refractivity contribution is -0.135. The highest BCUT2D eigenvalue weighted by Gasteiger charge is 2.27. The number of carbonyl (C=O) groups is 3. The summed E-state index contributed by atoms with van der Waals surface area (Å²) in [5.41, 5.74) is 1.13. The maximum Gasteiger partial charge on any atom is 0.387 e. The van der Waals surface area contributed by atoms with Crippen LogP contribution in [0.5, 0.6) is 5.75 Å². The van der Waals surface area contributed by atoms with Crippen LogP contribution in [0.4, 0.5) is 14.5 Å². The van der Waals surface area contributed by atoms with Crippen molar-refractivity contribution in [3.63, 3.8) is 0 Å². The van der Waals surface area contributed by atoms with Crippen LogP contribution in [0.1, 0.15) is 36.0 Å². The Morgan fingerprint density at radius 3 is 2.76 bits per heavy atom. The van der Waals surface area contributed by atoms with E-state index in [0.717, 1.165) is 17.7 Å². The normalized spacial score (nSPS) is 15.5. The average molecular weight is 582 g/mol. The first-order chi connectivity index (χ1) is 19.8. The van der Waals surface area contributed by atoms with Crippen LogP contribution in [0.15, 0.2) is 53.9 Å². The lowest BCUT2D eigenvalue weighted by Crippen LogP contribution is -2.40. The molecule has 1 aliphatic heterocycles. The molecule has 2 fully saturated rings. The zero-order chi connectivity index (χ0) is 28.5. The van der Waals surface area contributed by atoms with Crippen molar-refractivity contribution in [2.24, 2.45) is 0 Å². The lowest BCUT2D eigenvalue weighted by Gasteiger charge is -2.25. The summed E-state index contributed by atoms with van der Waals surface area (Å²) in [5, 5.41) is 12.0. The van der Waals surface area contributed by atoms with Gasteiger partial charge in [-0.25, -0.2) is 9.50 Å². The minimum Gasteiger partial charge on any atom is -0.434 e. The third-order valence-electron chi connectivity index (χ3n) is 6.75. The molecule has 4 heterocycles. The minimum atomic E-state index is -3.08. The quantitative estimate of drug-likeness (QED) is 0.316. The first-order valence-electron chi connectivity index (χ1n) is 13.1. The Bertz CT molecular complexity index is 1620. The Morgan fingerprint density at radius 2 is 2.00 bits per heavy atom. The highest BCUT2D eigenvalue weighted by Crippen LogP contribution is 2.43. The second kappa shape index (κ2) is 11.3. The molecule has 0 unspecified atom stereocenters. The zero-order valence-corrected chi connectivity index (χ0v) is 22.5. The van der Waals surface area contributed by atoms with Crippen LogP contribution in [0.2, 0.25) is 0 Å². The van der Waals surface area contributed by atoms with Crippen molar-refractivity contribution in [1.29, 1.82) is 0 Å². The number of alkyl halides is 2. The number of Topliss-reactive ketones (excluding diaryl/α,β-unsaturated/α-hetero) is 1. The fraction of sp³-hybridized carbons (Fsp3) is 0.333. The standard InChI is InChI=1S/C27H25F2N7O4S/c28-27(29)40-22-5-4-18(41-17-2-3-17)12-19(22)24-21(32-26(39)20-13-31-36-9-1-8-30-25(20)36)14-35(33-24)15-23(38)34-10-6-16(37)7-11-34/h1,4-5,8-9,12-14,17,27H,2-3,6-7,10-11,15H2,(H,32,39). The molecule has 0 bridgehead atoms. The number of benzene rings is 1. The summed E-state index contributed by atoms with van der Waals surface area (Å²) >= 11 is 1.63. The van der Waals surface area contributed by atoms with Gasteiger partial charge in [0.25, 0.3) is 5.91 Å². The van der Waals surface area contributed by atoms with E-state index in [4.69, 9.17) is 4.74 Å². The summed E-state index contributed by atoms with van der Waals surface area (Å²) < 4.78 is 34.4. The van der Waals surface area contributed by atoms with E-state index < -0.39 is 12.5 Å². The number of likely N-dealkylation sites (tertiary alicyclic amines) is 1. The van der Waals surface area contributed by atoms with Gasteiger partial charge in [-0.3, -0.25) is 19.1 Å². The number of anilines is 1. The smallest absolute Gasteiger partial charge is 0.387 e. The van der Waals surface area contributed by atoms with Gasteiger partial charge in [-0.1, -0.05) is 0 Å². The highest BCUT2D eigenvalue weighted by molar-refractivity contribution is 8.00. The van der Waals surface area contributed by atoms with Crippen LogP contribution in [0.3, 0.4) is 0 Å². The van der Waals surface area contributed by atoms with E-state index in [9.17, 15) is 23.2 Å². The Labute approximate surface area is 236 Å². The van der Waals surface area contributed by atoms with E-state index in [1.807, 2.05) is 0 Å². The fourth-order valence-corrected chi connectivity index (χ4v) is 5.65. The van der Waals surface area contributed by atoms with Gasteiger partial charge in [0.2, 0.25) is 5.91 Å². The summed E-state index contributed by atoms with van der Waals surface area (Å²) in [6.07, 6.45) is 8.78. The number of rotatable bonds is 9. The van der Waals surface area contributed by atoms with E-state index in [2.05, 4.69) is 20.5 Å². The van der Waals surface area contributed by atoms with Crippen molar-refractivity contribution in [3.05, 3.63) is 54.6 Å². The van der Waals surface area contributed by atoms with Crippen LogP contribution < -0.4 is 10.1 Å². The zero-order valence-electron chi connectivity index (χ0n) is 21.7. The van der Waals surface area contributed by atoms with Crippen molar-refractivity contribution in [3.8, 4) is 17.0 Å². The van der Waals surface area contributed by atoms with E-state index in [0.29, 0.717) is 36.8 Å². The molecule has 1 aliphatic carbocycles. The number of halogens is 2. The third kappa shape index (κ3) is 6.06. The first kappa shape index (κ1) is 26.9. The number of amides is 2. The Hall–Kier alpha value is -4.33. The van der Waals surface area contributed by atoms with Gasteiger partial charge in [-0.2, -0.15) is 19.0 Å². The average Bonchev–Trinajstić information content (AvgIpc) is 3.52. The molecule has 6 rings (SSSR count). The topological polar surface area (TPSA) is 124 Å². The highest BCUT2D eigenvalue weighted by atomic mass is 32.2. The van der Waals surface area contributed by atoms with Gasteiger partial charge in [0, 0.05) is 60.2 Å². The number of hydrogen-bond acceptors (Lipinski definition) is 8. The van der Waals surface area contributed by atoms with Crippen LogP contribution >= 0.6 is 11.8 Å². The molecule has 2 aliphatic rings. The number of aromatic nitrogens is 5. The van der Waals surface area contributed by atoms with Gasteiger partial charge in [-0.05, 0) is 37.1 Å². The van der Waals surface area contributed by atoms with Gasteiger partial charge in [0.15, 0.2) is 5.65 Å². The lowest BCUT2D eigenvalue weighted by atomic mass is 10.1. The molecule has 0 radical (unpaired) electrons. The molecular formula is C27H25F2N7O4S. The number of fused-ring (bicyclic) bond motifs is 1. The van der Waals surface area contributed by atoms with E-state index in [1.54, 1.807) is 41.1 Å². The predicted molar refractivity (Wildman–Crippen MR) is 145 cm³/mol. The van der Waals surface area contributed by atoms with Crippen molar-refractivity contribution in [2.75, 3.05) is 18.4 Å². The SMILES string of the molecule is O=C1CCN(C(=O)Cn2cc(NC(=O)c3cnn4cccnc34)c(-c3cc(SC4CC4)ccc3OC(F)F)n2)CC1. The molecule has 41 heavy (non-hydrogen) atoms. The van der Waals surface area contributed by atoms with Gasteiger partial charge < -0.3 is 15.0 Å². The third-order valence-corrected chi connectivity index (χ3v) is 8.09. The Balaban J connectivity index is 1.36. The molecule has 1 aromatic carbocycles. The molecule has 4 aromatic rings. The van der Waals surface area contributed by atoms with E-state index in [-0.39, 0.29) is 46.5 Å². The molecule has 0 spiro atoms. The van der Waals surface area contributed by atoms with Crippen LogP contribution in [-0.2, 0) is 16.1 Å². The van der Waals surface area contributed by atoms with E-state index >= 15 is 0 Å². The molecule has 11 nitrogen and oxygen atoms in total. The Morgan fingerprint density at radius 1 is 1.20 bits per heavy atom. The number of ketones is 1. The molecule has 1 saturated heterocycles. The Kier molecular flexibility index (Phi) is 7.39. The maximum atomic E-state index is 13.4. The van der Waals surface area contributed by atoms with Crippen molar-refractivity contribution < 1.29 is 27.9 Å². The molecule has 14 heteroatoms. The number of hydrogen-bond donors (Lipinski definition) is 1. The number of piperidine rings is 1. The summed E-state index contributed by atoms with van der Waals surface area (Å²) in [6.45, 7) is -2.60. The molecule has 212 valence electrons. The molecule has 1 saturated carbocycles. The summed E-state index contributed by atoms with van der Waals surface area (Å²) in [7, 11) is 0. The van der Waals surface area contributed by atoms with Crippen LogP contribution in [-0.4, -0.2) is 71.8 Å². The predicted octanol–water partition coefficient (Wildman–Crippen LogP) is 3.89. The monoisotopic (exact) mass is 581 g/mol. The second-order valence-corrected chi connectivity index (χ2v) is 11.1. The number of carbonyl (C=O) groups excluding carboxylic acids is 3. The minimum absolute atomic E-state index is 0.109. The summed E-state index contributed by atoms with van der Waals surface area (Å²) in [4.78, 5) is 44.6. The van der Waals surface area contributed by atoms with Crippen molar-refractivity contribution in [2.45, 2.75) is 49.0 Å². The second-order valence-electron chi connectivity index (χ2n) is 9.76. The molecule has 2 amide bonds. The maximum absolute atomic E-state index is 13.4. The fourth-order valence-electron chi connectivity index (χ4n) is 4.56. The largest absolute Gasteiger partial charge is 0.434 e. The summed E-state index contributed by atoms with van der Waals surface area (Å²) in [5.74, 6) is -0.795. The van der Waals surface area contributed by atoms with Gasteiger partial charge in [0.05, 0.1) is 11.9 Å². The van der Waals surface area contributed by atoms with Gasteiger partial charge in [0.1, 0.15) is 29.3 Å². The molecule has 0 atom stereocenters. The number of nitrogens with one attached hydrogen (secondary N) is 1. The van der Waals surface area contributed by atoms with Crippen molar-refractivity contribution in [1.82, 2.24) is 29.3 Å². The van der Waals surface area contributed by atoms with Crippen molar-refractivity contribution >= 4 is 40.7 Å². The van der Waals surface area contributed by atoms with Crippen LogP contribution in [0, 0.1) is 0 Å². The van der Waals surface area contributed by atoms with Crippen LogP contribution in [0.25, 0.3) is 16.9 Å². The number of nitrogens with zero attached hydrogens (tertiary/aromatic N) is 6. The van der Waals surface area contributed by atoms with E-state index in [1.165, 1.54) is 33.9 Å².